The van der Waals surface area contributed by atoms with E-state index < -0.39 is 0 Å². The van der Waals surface area contributed by atoms with E-state index in [4.69, 9.17) is 10.5 Å². The predicted molar refractivity (Wildman–Crippen MR) is 60.5 cm³/mol. The molecule has 0 aliphatic carbocycles. The minimum atomic E-state index is 0.462. The van der Waals surface area contributed by atoms with Gasteiger partial charge in [0, 0.05) is 20.3 Å². The quantitative estimate of drug-likeness (QED) is 0.796. The average Bonchev–Trinajstić information content (AvgIpc) is 2.55. The van der Waals surface area contributed by atoms with Gasteiger partial charge < -0.3 is 15.4 Å². The fraction of sp³-hybridized carbons (Fsp3) is 0.300. The molecular formula is C10H14N4O. The zero-order chi connectivity index (χ0) is 11.0. The van der Waals surface area contributed by atoms with Crippen molar-refractivity contribution in [1.82, 2.24) is 9.61 Å². The van der Waals surface area contributed by atoms with Crippen LogP contribution in [0.4, 0.5) is 11.4 Å². The van der Waals surface area contributed by atoms with Crippen molar-refractivity contribution in [2.45, 2.75) is 0 Å². The van der Waals surface area contributed by atoms with Crippen molar-refractivity contribution in [3.05, 3.63) is 18.3 Å². The molecular weight excluding hydrogens is 192 g/mol. The van der Waals surface area contributed by atoms with Gasteiger partial charge in [0.25, 0.3) is 5.88 Å². The molecule has 0 saturated heterocycles. The van der Waals surface area contributed by atoms with E-state index in [0.29, 0.717) is 11.6 Å². The monoisotopic (exact) mass is 206 g/mol. The molecule has 0 aliphatic rings. The van der Waals surface area contributed by atoms with Crippen LogP contribution < -0.4 is 15.4 Å². The van der Waals surface area contributed by atoms with Gasteiger partial charge in [-0.25, -0.2) is 4.52 Å². The Morgan fingerprint density at radius 1 is 1.47 bits per heavy atom. The first-order valence-electron chi connectivity index (χ1n) is 4.63. The number of anilines is 2. The van der Waals surface area contributed by atoms with Gasteiger partial charge >= 0.3 is 0 Å². The minimum absolute atomic E-state index is 0.462. The number of fused-ring (bicyclic) bond motifs is 1. The number of hydrogen-bond donors (Lipinski definition) is 1. The van der Waals surface area contributed by atoms with E-state index in [9.17, 15) is 0 Å². The third-order valence-electron chi connectivity index (χ3n) is 2.31. The van der Waals surface area contributed by atoms with E-state index in [1.807, 2.05) is 37.3 Å². The lowest BCUT2D eigenvalue weighted by Crippen LogP contribution is -2.10. The first-order chi connectivity index (χ1) is 7.15. The summed E-state index contributed by atoms with van der Waals surface area (Å²) in [6.45, 7) is 0. The molecule has 0 amide bonds. The van der Waals surface area contributed by atoms with Crippen molar-refractivity contribution < 1.29 is 4.74 Å². The van der Waals surface area contributed by atoms with Crippen LogP contribution >= 0.6 is 0 Å². The Morgan fingerprint density at radius 2 is 2.20 bits per heavy atom. The molecule has 0 aromatic carbocycles. The molecule has 0 fully saturated rings. The van der Waals surface area contributed by atoms with Crippen molar-refractivity contribution in [1.29, 1.82) is 0 Å². The zero-order valence-corrected chi connectivity index (χ0v) is 9.06. The molecule has 0 radical (unpaired) electrons. The van der Waals surface area contributed by atoms with Crippen LogP contribution in [-0.2, 0) is 0 Å². The third-order valence-corrected chi connectivity index (χ3v) is 2.31. The first kappa shape index (κ1) is 9.64. The fourth-order valence-electron chi connectivity index (χ4n) is 1.60. The van der Waals surface area contributed by atoms with E-state index in [1.54, 1.807) is 11.6 Å². The average molecular weight is 206 g/mol. The largest absolute Gasteiger partial charge is 0.478 e. The summed E-state index contributed by atoms with van der Waals surface area (Å²) in [5.74, 6) is 0.462. The number of rotatable bonds is 2. The molecule has 0 bridgehead atoms. The molecule has 80 valence electrons. The SMILES string of the molecule is COc1nn2cccc(N(C)C)c2c1N. The van der Waals surface area contributed by atoms with Crippen molar-refractivity contribution in [2.75, 3.05) is 31.8 Å². The van der Waals surface area contributed by atoms with Crippen LogP contribution in [0.25, 0.3) is 5.52 Å². The lowest BCUT2D eigenvalue weighted by molar-refractivity contribution is 0.397. The van der Waals surface area contributed by atoms with Crippen LogP contribution in [0.5, 0.6) is 5.88 Å². The number of nitrogens with two attached hydrogens (primary N) is 1. The second kappa shape index (κ2) is 3.34. The van der Waals surface area contributed by atoms with Crippen molar-refractivity contribution in [3.63, 3.8) is 0 Å². The van der Waals surface area contributed by atoms with Crippen LogP contribution in [0.1, 0.15) is 0 Å². The molecule has 2 aromatic heterocycles. The van der Waals surface area contributed by atoms with Gasteiger partial charge in [-0.3, -0.25) is 0 Å². The lowest BCUT2D eigenvalue weighted by Gasteiger charge is -2.13. The van der Waals surface area contributed by atoms with Crippen LogP contribution in [-0.4, -0.2) is 30.8 Å². The van der Waals surface area contributed by atoms with Crippen LogP contribution in [0.3, 0.4) is 0 Å². The molecule has 5 heteroatoms. The Hall–Kier alpha value is -1.91. The van der Waals surface area contributed by atoms with Gasteiger partial charge in [-0.15, -0.1) is 5.10 Å². The maximum Gasteiger partial charge on any atom is 0.257 e. The summed E-state index contributed by atoms with van der Waals surface area (Å²) in [7, 11) is 5.50. The van der Waals surface area contributed by atoms with E-state index in [1.165, 1.54) is 0 Å². The topological polar surface area (TPSA) is 55.8 Å². The van der Waals surface area contributed by atoms with Crippen molar-refractivity contribution in [3.8, 4) is 5.88 Å². The first-order valence-corrected chi connectivity index (χ1v) is 4.63. The highest BCUT2D eigenvalue weighted by Crippen LogP contribution is 2.31. The standard InChI is InChI=1S/C10H14N4O/c1-13(2)7-5-4-6-14-9(7)8(11)10(12-14)15-3/h4-6H,11H2,1-3H3. The maximum atomic E-state index is 5.95. The normalized spacial score (nSPS) is 10.6. The number of aromatic nitrogens is 2. The highest BCUT2D eigenvalue weighted by Gasteiger charge is 2.13. The number of methoxy groups -OCH3 is 1. The Morgan fingerprint density at radius 3 is 2.80 bits per heavy atom. The summed E-state index contributed by atoms with van der Waals surface area (Å²) in [6.07, 6.45) is 1.85. The van der Waals surface area contributed by atoms with Gasteiger partial charge in [-0.1, -0.05) is 0 Å². The molecule has 2 N–H and O–H groups in total. The number of hydrogen-bond acceptors (Lipinski definition) is 4. The molecule has 0 aliphatic heterocycles. The number of ether oxygens (including phenoxy) is 1. The van der Waals surface area contributed by atoms with Gasteiger partial charge in [0.1, 0.15) is 11.2 Å². The van der Waals surface area contributed by atoms with Gasteiger partial charge in [0.2, 0.25) is 0 Å². The second-order valence-corrected chi connectivity index (χ2v) is 3.50. The molecule has 2 aromatic rings. The minimum Gasteiger partial charge on any atom is -0.478 e. The van der Waals surface area contributed by atoms with E-state index in [2.05, 4.69) is 5.10 Å². The molecule has 0 atom stereocenters. The summed E-state index contributed by atoms with van der Waals surface area (Å²) in [5.41, 5.74) is 8.42. The Kier molecular flexibility index (Phi) is 2.15. The molecule has 0 unspecified atom stereocenters. The number of pyridine rings is 1. The third kappa shape index (κ3) is 1.36. The van der Waals surface area contributed by atoms with E-state index in [-0.39, 0.29) is 0 Å². The molecule has 15 heavy (non-hydrogen) atoms. The van der Waals surface area contributed by atoms with E-state index >= 15 is 0 Å². The summed E-state index contributed by atoms with van der Waals surface area (Å²) in [6, 6.07) is 3.92. The number of nitrogen functional groups attached to an aromatic ring is 1. The predicted octanol–water partition coefficient (Wildman–Crippen LogP) is 0.991. The Bertz CT molecular complexity index is 489. The Balaban J connectivity index is 2.78. The molecule has 0 spiro atoms. The van der Waals surface area contributed by atoms with Crippen LogP contribution in [0, 0.1) is 0 Å². The molecule has 2 heterocycles. The summed E-state index contributed by atoms with van der Waals surface area (Å²) in [5, 5.41) is 4.22. The van der Waals surface area contributed by atoms with Crippen LogP contribution in [0.15, 0.2) is 18.3 Å². The molecule has 2 rings (SSSR count). The van der Waals surface area contributed by atoms with Gasteiger partial charge in [0.15, 0.2) is 0 Å². The van der Waals surface area contributed by atoms with Crippen molar-refractivity contribution >= 4 is 16.9 Å². The highest BCUT2D eigenvalue weighted by atomic mass is 16.5. The fourth-order valence-corrected chi connectivity index (χ4v) is 1.60. The Labute approximate surface area is 88.0 Å². The number of nitrogens with zero attached hydrogens (tertiary/aromatic N) is 3. The molecule has 5 nitrogen and oxygen atoms in total. The van der Waals surface area contributed by atoms with Crippen molar-refractivity contribution in [2.24, 2.45) is 0 Å². The smallest absolute Gasteiger partial charge is 0.257 e. The summed E-state index contributed by atoms with van der Waals surface area (Å²) >= 11 is 0. The van der Waals surface area contributed by atoms with Gasteiger partial charge in [-0.2, -0.15) is 0 Å². The van der Waals surface area contributed by atoms with Gasteiger partial charge in [-0.05, 0) is 12.1 Å². The summed E-state index contributed by atoms with van der Waals surface area (Å²) < 4.78 is 6.81. The second-order valence-electron chi connectivity index (χ2n) is 3.50. The van der Waals surface area contributed by atoms with Crippen LogP contribution in [0.2, 0.25) is 0 Å². The van der Waals surface area contributed by atoms with Gasteiger partial charge in [0.05, 0.1) is 12.8 Å². The summed E-state index contributed by atoms with van der Waals surface area (Å²) in [4.78, 5) is 1.99. The van der Waals surface area contributed by atoms with E-state index in [0.717, 1.165) is 11.2 Å². The molecule has 0 saturated carbocycles. The zero-order valence-electron chi connectivity index (χ0n) is 9.06. The maximum absolute atomic E-state index is 5.95. The lowest BCUT2D eigenvalue weighted by atomic mass is 10.3. The highest BCUT2D eigenvalue weighted by molar-refractivity contribution is 5.87.